The number of ether oxygens (including phenoxy) is 1. The standard InChI is InChI=1S/C24H17ClF3N3O2/c1-14-5-7-15(8-6-14)13-33-19-4-2-3-18(25)20(19)22-29-21(30-23(32)31-22)16-9-11-17(12-10-16)24(26,27)28/h2-12H,13H2,1H3,(H,29,30,31,32). The van der Waals surface area contributed by atoms with Gasteiger partial charge in [-0.15, -0.1) is 0 Å². The molecule has 1 N–H and O–H groups in total. The number of aryl methyl sites for hydroxylation is 1. The van der Waals surface area contributed by atoms with Crippen molar-refractivity contribution in [3.63, 3.8) is 0 Å². The van der Waals surface area contributed by atoms with Crippen molar-refractivity contribution < 1.29 is 23.0 Å². The first-order valence-corrected chi connectivity index (χ1v) is 10.2. The average molecular weight is 472 g/mol. The lowest BCUT2D eigenvalue weighted by Crippen LogP contribution is -2.04. The summed E-state index contributed by atoms with van der Waals surface area (Å²) in [7, 11) is 0. The van der Waals surface area contributed by atoms with Crippen LogP contribution in [0.15, 0.2) is 66.7 Å². The Balaban J connectivity index is 1.69. The SMILES string of the molecule is Cc1ccc(COc2cccc(Cl)c2-c2nc(O)nc(-c3ccc(C(F)(F)F)cc3)n2)cc1. The van der Waals surface area contributed by atoms with Gasteiger partial charge in [0.25, 0.3) is 0 Å². The van der Waals surface area contributed by atoms with Crippen LogP contribution in [-0.4, -0.2) is 20.1 Å². The van der Waals surface area contributed by atoms with Crippen LogP contribution in [0.2, 0.25) is 5.02 Å². The van der Waals surface area contributed by atoms with E-state index in [1.54, 1.807) is 18.2 Å². The number of benzene rings is 3. The molecule has 0 fully saturated rings. The Kier molecular flexibility index (Phi) is 6.20. The summed E-state index contributed by atoms with van der Waals surface area (Å²) < 4.78 is 44.5. The largest absolute Gasteiger partial charge is 0.488 e. The number of alkyl halides is 3. The summed E-state index contributed by atoms with van der Waals surface area (Å²) in [5.74, 6) is 0.407. The maximum atomic E-state index is 12.9. The van der Waals surface area contributed by atoms with Gasteiger partial charge in [-0.1, -0.05) is 59.6 Å². The summed E-state index contributed by atoms with van der Waals surface area (Å²) >= 11 is 6.40. The molecule has 0 amide bonds. The molecule has 0 saturated heterocycles. The molecule has 0 aliphatic heterocycles. The van der Waals surface area contributed by atoms with Gasteiger partial charge in [0.2, 0.25) is 0 Å². The van der Waals surface area contributed by atoms with E-state index in [1.165, 1.54) is 12.1 Å². The minimum Gasteiger partial charge on any atom is -0.488 e. The maximum Gasteiger partial charge on any atom is 0.416 e. The fourth-order valence-corrected chi connectivity index (χ4v) is 3.35. The van der Waals surface area contributed by atoms with Crippen LogP contribution in [0.5, 0.6) is 11.8 Å². The van der Waals surface area contributed by atoms with E-state index in [2.05, 4.69) is 15.0 Å². The first-order valence-electron chi connectivity index (χ1n) is 9.80. The molecular weight excluding hydrogens is 455 g/mol. The molecule has 0 radical (unpaired) electrons. The molecule has 3 aromatic carbocycles. The van der Waals surface area contributed by atoms with Gasteiger partial charge in [-0.05, 0) is 36.8 Å². The van der Waals surface area contributed by atoms with Crippen molar-refractivity contribution in [2.24, 2.45) is 0 Å². The van der Waals surface area contributed by atoms with Crippen LogP contribution in [0.3, 0.4) is 0 Å². The Morgan fingerprint density at radius 1 is 0.879 bits per heavy atom. The van der Waals surface area contributed by atoms with Crippen LogP contribution in [-0.2, 0) is 12.8 Å². The van der Waals surface area contributed by atoms with E-state index in [1.807, 2.05) is 31.2 Å². The second kappa shape index (κ2) is 9.07. The van der Waals surface area contributed by atoms with Gasteiger partial charge in [-0.2, -0.15) is 23.1 Å². The Labute approximate surface area is 192 Å². The zero-order valence-electron chi connectivity index (χ0n) is 17.3. The molecule has 4 rings (SSSR count). The van der Waals surface area contributed by atoms with E-state index in [4.69, 9.17) is 16.3 Å². The molecule has 168 valence electrons. The summed E-state index contributed by atoms with van der Waals surface area (Å²) in [5.41, 5.74) is 1.87. The Hall–Kier alpha value is -3.65. The number of nitrogens with zero attached hydrogens (tertiary/aromatic N) is 3. The zero-order chi connectivity index (χ0) is 23.6. The van der Waals surface area contributed by atoms with Gasteiger partial charge in [0.1, 0.15) is 12.4 Å². The van der Waals surface area contributed by atoms with Gasteiger partial charge in [0, 0.05) is 5.56 Å². The van der Waals surface area contributed by atoms with E-state index in [0.717, 1.165) is 23.3 Å². The third kappa shape index (κ3) is 5.23. The van der Waals surface area contributed by atoms with Crippen LogP contribution in [0.25, 0.3) is 22.8 Å². The average Bonchev–Trinajstić information content (AvgIpc) is 2.78. The quantitative estimate of drug-likeness (QED) is 0.361. The first kappa shape index (κ1) is 22.5. The smallest absolute Gasteiger partial charge is 0.416 e. The number of aromatic nitrogens is 3. The highest BCUT2D eigenvalue weighted by Crippen LogP contribution is 2.36. The molecule has 0 bridgehead atoms. The minimum absolute atomic E-state index is 0.00405. The van der Waals surface area contributed by atoms with Crippen LogP contribution in [0, 0.1) is 6.92 Å². The van der Waals surface area contributed by atoms with Gasteiger partial charge in [-0.3, -0.25) is 0 Å². The van der Waals surface area contributed by atoms with Gasteiger partial charge < -0.3 is 9.84 Å². The van der Waals surface area contributed by atoms with Crippen molar-refractivity contribution >= 4 is 11.6 Å². The number of hydrogen-bond acceptors (Lipinski definition) is 5. The van der Waals surface area contributed by atoms with E-state index in [-0.39, 0.29) is 28.8 Å². The molecule has 0 unspecified atom stereocenters. The van der Waals surface area contributed by atoms with Crippen LogP contribution >= 0.6 is 11.6 Å². The highest BCUT2D eigenvalue weighted by molar-refractivity contribution is 6.33. The summed E-state index contributed by atoms with van der Waals surface area (Å²) in [6.45, 7) is 2.25. The molecule has 1 aromatic heterocycles. The Morgan fingerprint density at radius 3 is 2.21 bits per heavy atom. The molecule has 0 atom stereocenters. The van der Waals surface area contributed by atoms with Crippen LogP contribution < -0.4 is 4.74 Å². The molecular formula is C24H17ClF3N3O2. The second-order valence-electron chi connectivity index (χ2n) is 7.24. The number of rotatable bonds is 5. The Morgan fingerprint density at radius 2 is 1.55 bits per heavy atom. The third-order valence-electron chi connectivity index (χ3n) is 4.81. The summed E-state index contributed by atoms with van der Waals surface area (Å²) in [6, 6.07) is 16.5. The van der Waals surface area contributed by atoms with E-state index < -0.39 is 17.8 Å². The van der Waals surface area contributed by atoms with Gasteiger partial charge in [0.15, 0.2) is 11.6 Å². The minimum atomic E-state index is -4.47. The highest BCUT2D eigenvalue weighted by Gasteiger charge is 2.30. The molecule has 0 spiro atoms. The van der Waals surface area contributed by atoms with E-state index in [9.17, 15) is 18.3 Å². The predicted molar refractivity (Wildman–Crippen MR) is 118 cm³/mol. The van der Waals surface area contributed by atoms with Crippen molar-refractivity contribution in [1.82, 2.24) is 15.0 Å². The number of halogens is 4. The van der Waals surface area contributed by atoms with Gasteiger partial charge in [-0.25, -0.2) is 4.98 Å². The lowest BCUT2D eigenvalue weighted by Gasteiger charge is -2.13. The molecule has 1 heterocycles. The van der Waals surface area contributed by atoms with E-state index in [0.29, 0.717) is 11.3 Å². The highest BCUT2D eigenvalue weighted by atomic mass is 35.5. The molecule has 4 aromatic rings. The maximum absolute atomic E-state index is 12.9. The van der Waals surface area contributed by atoms with Crippen LogP contribution in [0.1, 0.15) is 16.7 Å². The molecule has 33 heavy (non-hydrogen) atoms. The van der Waals surface area contributed by atoms with Crippen molar-refractivity contribution in [2.75, 3.05) is 0 Å². The lowest BCUT2D eigenvalue weighted by molar-refractivity contribution is -0.137. The second-order valence-corrected chi connectivity index (χ2v) is 7.65. The third-order valence-corrected chi connectivity index (χ3v) is 5.12. The number of aromatic hydroxyl groups is 1. The normalized spacial score (nSPS) is 11.4. The first-order chi connectivity index (χ1) is 15.7. The fraction of sp³-hybridized carbons (Fsp3) is 0.125. The van der Waals surface area contributed by atoms with E-state index >= 15 is 0 Å². The zero-order valence-corrected chi connectivity index (χ0v) is 18.0. The number of hydrogen-bond donors (Lipinski definition) is 1. The topological polar surface area (TPSA) is 68.1 Å². The fourth-order valence-electron chi connectivity index (χ4n) is 3.10. The predicted octanol–water partition coefficient (Wildman–Crippen LogP) is 6.47. The summed E-state index contributed by atoms with van der Waals surface area (Å²) in [6.07, 6.45) is -4.47. The Bertz CT molecular complexity index is 1280. The molecule has 0 aliphatic rings. The van der Waals surface area contributed by atoms with Crippen molar-refractivity contribution in [3.8, 4) is 34.5 Å². The van der Waals surface area contributed by atoms with Crippen molar-refractivity contribution in [1.29, 1.82) is 0 Å². The molecule has 9 heteroatoms. The van der Waals surface area contributed by atoms with Gasteiger partial charge >= 0.3 is 12.2 Å². The monoisotopic (exact) mass is 471 g/mol. The summed E-state index contributed by atoms with van der Waals surface area (Å²) in [4.78, 5) is 12.1. The van der Waals surface area contributed by atoms with Crippen LogP contribution in [0.4, 0.5) is 13.2 Å². The van der Waals surface area contributed by atoms with Crippen molar-refractivity contribution in [3.05, 3.63) is 88.4 Å². The lowest BCUT2D eigenvalue weighted by atomic mass is 10.1. The molecule has 5 nitrogen and oxygen atoms in total. The van der Waals surface area contributed by atoms with Crippen molar-refractivity contribution in [2.45, 2.75) is 19.7 Å². The molecule has 0 saturated carbocycles. The molecule has 0 aliphatic carbocycles. The summed E-state index contributed by atoms with van der Waals surface area (Å²) in [5, 5.41) is 10.4. The van der Waals surface area contributed by atoms with Gasteiger partial charge in [0.05, 0.1) is 16.1 Å².